The molecule has 3 N–H and O–H groups in total. The van der Waals surface area contributed by atoms with Crippen molar-refractivity contribution < 1.29 is 18.4 Å². The summed E-state index contributed by atoms with van der Waals surface area (Å²) in [5.41, 5.74) is 1.55. The van der Waals surface area contributed by atoms with Crippen LogP contribution in [-0.4, -0.2) is 24.9 Å². The molecule has 0 bridgehead atoms. The van der Waals surface area contributed by atoms with E-state index in [9.17, 15) is 18.4 Å². The summed E-state index contributed by atoms with van der Waals surface area (Å²) < 4.78 is 26.6. The lowest BCUT2D eigenvalue weighted by Gasteiger charge is -2.15. The highest BCUT2D eigenvalue weighted by Gasteiger charge is 2.13. The smallest absolute Gasteiger partial charge is 0.243 e. The minimum Gasteiger partial charge on any atom is -0.346 e. The minimum absolute atomic E-state index is 0.124. The van der Waals surface area contributed by atoms with Crippen molar-refractivity contribution in [2.75, 3.05) is 18.4 Å². The third kappa shape index (κ3) is 6.01. The summed E-state index contributed by atoms with van der Waals surface area (Å²) in [6, 6.07) is 7.89. The van der Waals surface area contributed by atoms with Crippen LogP contribution in [0.3, 0.4) is 0 Å². The standard InChI is InChI=1S/C19H20ClF2N3O2/c1-11-15(20)4-3-5-17(11)25-19(27)10-24-18(26)9-23-12(2)14-7-6-13(21)8-16(14)22/h3-8,12,23H,9-10H2,1-2H3,(H,24,26)(H,25,27)/t12-/m1/s1. The zero-order valence-electron chi connectivity index (χ0n) is 14.9. The fourth-order valence-corrected chi connectivity index (χ4v) is 2.56. The number of rotatable bonds is 7. The van der Waals surface area contributed by atoms with E-state index in [-0.39, 0.29) is 18.7 Å². The molecule has 2 rings (SSSR count). The highest BCUT2D eigenvalue weighted by atomic mass is 35.5. The molecule has 0 aliphatic carbocycles. The lowest BCUT2D eigenvalue weighted by atomic mass is 10.1. The van der Waals surface area contributed by atoms with Crippen LogP contribution in [0, 0.1) is 18.6 Å². The Hall–Kier alpha value is -2.51. The molecule has 2 aromatic carbocycles. The maximum absolute atomic E-state index is 13.7. The van der Waals surface area contributed by atoms with Gasteiger partial charge in [0, 0.05) is 28.4 Å². The summed E-state index contributed by atoms with van der Waals surface area (Å²) in [5.74, 6) is -2.18. The number of benzene rings is 2. The maximum atomic E-state index is 13.7. The molecule has 1 atom stereocenters. The van der Waals surface area contributed by atoms with Gasteiger partial charge in [0.05, 0.1) is 13.1 Å². The van der Waals surface area contributed by atoms with Crippen molar-refractivity contribution in [1.29, 1.82) is 0 Å². The molecule has 0 unspecified atom stereocenters. The Balaban J connectivity index is 1.78. The van der Waals surface area contributed by atoms with Gasteiger partial charge in [-0.05, 0) is 37.6 Å². The molecule has 0 aliphatic rings. The van der Waals surface area contributed by atoms with Gasteiger partial charge in [0.25, 0.3) is 0 Å². The normalized spacial score (nSPS) is 11.7. The SMILES string of the molecule is Cc1c(Cl)cccc1NC(=O)CNC(=O)CN[C@H](C)c1ccc(F)cc1F. The molecule has 144 valence electrons. The summed E-state index contributed by atoms with van der Waals surface area (Å²) >= 11 is 5.99. The number of nitrogens with one attached hydrogen (secondary N) is 3. The highest BCUT2D eigenvalue weighted by Crippen LogP contribution is 2.22. The summed E-state index contributed by atoms with van der Waals surface area (Å²) in [6.07, 6.45) is 0. The molecule has 0 radical (unpaired) electrons. The van der Waals surface area contributed by atoms with E-state index in [1.54, 1.807) is 32.0 Å². The third-order valence-electron chi connectivity index (χ3n) is 3.99. The van der Waals surface area contributed by atoms with Gasteiger partial charge in [-0.1, -0.05) is 23.7 Å². The maximum Gasteiger partial charge on any atom is 0.243 e. The number of anilines is 1. The molecule has 8 heteroatoms. The molecule has 27 heavy (non-hydrogen) atoms. The van der Waals surface area contributed by atoms with Gasteiger partial charge in [-0.25, -0.2) is 8.78 Å². The van der Waals surface area contributed by atoms with Gasteiger partial charge < -0.3 is 16.0 Å². The summed E-state index contributed by atoms with van der Waals surface area (Å²) in [6.45, 7) is 3.09. The molecule has 2 amide bonds. The van der Waals surface area contributed by atoms with Crippen LogP contribution in [0.2, 0.25) is 5.02 Å². The highest BCUT2D eigenvalue weighted by molar-refractivity contribution is 6.31. The Morgan fingerprint density at radius 3 is 2.56 bits per heavy atom. The van der Waals surface area contributed by atoms with Crippen LogP contribution in [0.4, 0.5) is 14.5 Å². The van der Waals surface area contributed by atoms with Gasteiger partial charge in [0.1, 0.15) is 11.6 Å². The molecule has 0 aliphatic heterocycles. The first kappa shape index (κ1) is 20.8. The predicted octanol–water partition coefficient (Wildman–Crippen LogP) is 3.33. The second-order valence-electron chi connectivity index (χ2n) is 6.01. The molecule has 5 nitrogen and oxygen atoms in total. The van der Waals surface area contributed by atoms with Gasteiger partial charge >= 0.3 is 0 Å². The monoisotopic (exact) mass is 395 g/mol. The Morgan fingerprint density at radius 1 is 1.11 bits per heavy atom. The Morgan fingerprint density at radius 2 is 1.85 bits per heavy atom. The number of hydrogen-bond donors (Lipinski definition) is 3. The van der Waals surface area contributed by atoms with Gasteiger partial charge in [-0.15, -0.1) is 0 Å². The lowest BCUT2D eigenvalue weighted by Crippen LogP contribution is -2.39. The van der Waals surface area contributed by atoms with E-state index in [2.05, 4.69) is 16.0 Å². The fourth-order valence-electron chi connectivity index (χ4n) is 2.39. The Kier molecular flexibility index (Phi) is 7.27. The van der Waals surface area contributed by atoms with E-state index in [1.807, 2.05) is 0 Å². The van der Waals surface area contributed by atoms with E-state index in [0.717, 1.165) is 17.7 Å². The zero-order chi connectivity index (χ0) is 20.0. The van der Waals surface area contributed by atoms with E-state index >= 15 is 0 Å². The number of hydrogen-bond acceptors (Lipinski definition) is 3. The van der Waals surface area contributed by atoms with Crippen molar-refractivity contribution in [3.05, 3.63) is 64.2 Å². The van der Waals surface area contributed by atoms with Crippen LogP contribution < -0.4 is 16.0 Å². The average Bonchev–Trinajstić information content (AvgIpc) is 2.62. The van der Waals surface area contributed by atoms with Gasteiger partial charge in [-0.3, -0.25) is 9.59 Å². The number of carbonyl (C=O) groups excluding carboxylic acids is 2. The molecule has 2 aromatic rings. The minimum atomic E-state index is -0.688. The quantitative estimate of drug-likeness (QED) is 0.673. The summed E-state index contributed by atoms with van der Waals surface area (Å²) in [7, 11) is 0. The largest absolute Gasteiger partial charge is 0.346 e. The van der Waals surface area contributed by atoms with Crippen molar-refractivity contribution >= 4 is 29.1 Å². The molecule has 0 spiro atoms. The van der Waals surface area contributed by atoms with Gasteiger partial charge in [-0.2, -0.15) is 0 Å². The number of amides is 2. The molecule has 0 fully saturated rings. The van der Waals surface area contributed by atoms with Crippen molar-refractivity contribution in [1.82, 2.24) is 10.6 Å². The van der Waals surface area contributed by atoms with Crippen LogP contribution in [0.1, 0.15) is 24.1 Å². The zero-order valence-corrected chi connectivity index (χ0v) is 15.7. The van der Waals surface area contributed by atoms with E-state index in [1.165, 1.54) is 6.07 Å². The molecular formula is C19H20ClF2N3O2. The summed E-state index contributed by atoms with van der Waals surface area (Å²) in [4.78, 5) is 23.8. The first-order chi connectivity index (χ1) is 12.8. The van der Waals surface area contributed by atoms with Crippen molar-refractivity contribution in [2.24, 2.45) is 0 Å². The van der Waals surface area contributed by atoms with Crippen molar-refractivity contribution in [2.45, 2.75) is 19.9 Å². The first-order valence-electron chi connectivity index (χ1n) is 8.28. The van der Waals surface area contributed by atoms with Crippen LogP contribution in [0.5, 0.6) is 0 Å². The van der Waals surface area contributed by atoms with Crippen LogP contribution in [0.15, 0.2) is 36.4 Å². The van der Waals surface area contributed by atoms with Gasteiger partial charge in [0.15, 0.2) is 0 Å². The van der Waals surface area contributed by atoms with Crippen LogP contribution in [0.25, 0.3) is 0 Å². The average molecular weight is 396 g/mol. The van der Waals surface area contributed by atoms with Crippen LogP contribution >= 0.6 is 11.6 Å². The molecule has 0 saturated heterocycles. The van der Waals surface area contributed by atoms with Crippen LogP contribution in [-0.2, 0) is 9.59 Å². The van der Waals surface area contributed by atoms with E-state index < -0.39 is 29.5 Å². The third-order valence-corrected chi connectivity index (χ3v) is 4.40. The molecule has 0 aromatic heterocycles. The topological polar surface area (TPSA) is 70.2 Å². The molecular weight excluding hydrogens is 376 g/mol. The molecule has 0 saturated carbocycles. The van der Waals surface area contributed by atoms with Crippen molar-refractivity contribution in [3.8, 4) is 0 Å². The predicted molar refractivity (Wildman–Crippen MR) is 101 cm³/mol. The van der Waals surface area contributed by atoms with Crippen molar-refractivity contribution in [3.63, 3.8) is 0 Å². The molecule has 0 heterocycles. The summed E-state index contributed by atoms with van der Waals surface area (Å²) in [5, 5.41) is 8.49. The second-order valence-corrected chi connectivity index (χ2v) is 6.41. The number of carbonyl (C=O) groups is 2. The Bertz CT molecular complexity index is 846. The first-order valence-corrected chi connectivity index (χ1v) is 8.65. The van der Waals surface area contributed by atoms with E-state index in [4.69, 9.17) is 11.6 Å². The lowest BCUT2D eigenvalue weighted by molar-refractivity contribution is -0.123. The Labute approximate surface area is 161 Å². The number of halogens is 3. The second kappa shape index (κ2) is 9.43. The van der Waals surface area contributed by atoms with Gasteiger partial charge in [0.2, 0.25) is 11.8 Å². The fraction of sp³-hybridized carbons (Fsp3) is 0.263. The van der Waals surface area contributed by atoms with E-state index in [0.29, 0.717) is 10.7 Å².